The normalized spacial score (nSPS) is 26.6. The lowest BCUT2D eigenvalue weighted by atomic mass is 10.0. The number of methoxy groups -OCH3 is 1. The molecule has 17 heteroatoms. The minimum atomic E-state index is -4.02. The Labute approximate surface area is 332 Å². The number of nitrogens with one attached hydrogen (secondary N) is 3. The third kappa shape index (κ3) is 7.54. The number of ether oxygens (including phenoxy) is 2. The highest BCUT2D eigenvalue weighted by molar-refractivity contribution is 7.91. The zero-order valence-corrected chi connectivity index (χ0v) is 33.1. The Morgan fingerprint density at radius 1 is 1.05 bits per heavy atom. The van der Waals surface area contributed by atoms with Crippen molar-refractivity contribution in [3.63, 3.8) is 0 Å². The molecule has 2 aromatic heterocycles. The van der Waals surface area contributed by atoms with Gasteiger partial charge in [-0.25, -0.2) is 22.2 Å². The summed E-state index contributed by atoms with van der Waals surface area (Å²) in [6.07, 6.45) is 8.57. The van der Waals surface area contributed by atoms with E-state index in [2.05, 4.69) is 19.7 Å². The summed E-state index contributed by atoms with van der Waals surface area (Å²) in [5, 5.41) is 7.47. The van der Waals surface area contributed by atoms with Gasteiger partial charge < -0.3 is 25.0 Å². The molecule has 2 aliphatic heterocycles. The van der Waals surface area contributed by atoms with E-state index < -0.39 is 73.9 Å². The van der Waals surface area contributed by atoms with E-state index in [1.54, 1.807) is 37.3 Å². The lowest BCUT2D eigenvalue weighted by Crippen LogP contribution is -2.58. The number of hydrogen-bond acceptors (Lipinski definition) is 11. The second-order valence-electron chi connectivity index (χ2n) is 15.6. The van der Waals surface area contributed by atoms with Crippen molar-refractivity contribution in [2.75, 3.05) is 13.7 Å². The average Bonchev–Trinajstić information content (AvgIpc) is 3.93. The summed E-state index contributed by atoms with van der Waals surface area (Å²) in [5.41, 5.74) is -1.08. The Bertz CT molecular complexity index is 2410. The van der Waals surface area contributed by atoms with Crippen molar-refractivity contribution in [3.8, 4) is 11.6 Å². The minimum Gasteiger partial charge on any atom is -0.497 e. The lowest BCUT2D eigenvalue weighted by Gasteiger charge is -2.30. The van der Waals surface area contributed by atoms with E-state index in [9.17, 15) is 32.0 Å². The van der Waals surface area contributed by atoms with Gasteiger partial charge in [-0.05, 0) is 98.8 Å². The zero-order valence-electron chi connectivity index (χ0n) is 31.5. The monoisotopic (exact) mass is 818 g/mol. The molecular weight excluding hydrogens is 776 g/mol. The number of halogens is 1. The number of nitrogens with zero attached hydrogens (tertiary/aromatic N) is 3. The van der Waals surface area contributed by atoms with E-state index in [-0.39, 0.29) is 25.3 Å². The third-order valence-electron chi connectivity index (χ3n) is 11.6. The highest BCUT2D eigenvalue weighted by Crippen LogP contribution is 2.47. The first kappa shape index (κ1) is 38.7. The van der Waals surface area contributed by atoms with Crippen LogP contribution in [-0.2, 0) is 24.4 Å². The number of sulfonamides is 1. The molecule has 14 nitrogen and oxygen atoms in total. The number of pyridine rings is 1. The zero-order chi connectivity index (χ0) is 40.1. The quantitative estimate of drug-likeness (QED) is 0.169. The highest BCUT2D eigenvalue weighted by atomic mass is 32.2. The van der Waals surface area contributed by atoms with Gasteiger partial charge in [-0.15, -0.1) is 0 Å². The lowest BCUT2D eigenvalue weighted by molar-refractivity contribution is -0.141. The van der Waals surface area contributed by atoms with Crippen LogP contribution in [0.4, 0.5) is 4.39 Å². The molecule has 2 saturated carbocycles. The van der Waals surface area contributed by atoms with E-state index in [1.165, 1.54) is 30.3 Å². The molecule has 4 aromatic rings. The van der Waals surface area contributed by atoms with Gasteiger partial charge in [0.1, 0.15) is 40.2 Å². The summed E-state index contributed by atoms with van der Waals surface area (Å²) in [6, 6.07) is 8.87. The van der Waals surface area contributed by atoms with E-state index in [4.69, 9.17) is 14.5 Å². The summed E-state index contributed by atoms with van der Waals surface area (Å²) < 4.78 is 58.1. The largest absolute Gasteiger partial charge is 0.497 e. The molecule has 8 rings (SSSR count). The van der Waals surface area contributed by atoms with E-state index in [1.807, 2.05) is 12.2 Å². The standard InChI is InChI=1S/C40H43FN6O8S2/c1-39(15-16-39)57(52,53)46-38(51)40-21-23(40)8-6-4-3-5-7-9-30(43-35(49)33-14-17-42-56-33)37(50)47-22-26(20-32(47)34(48)45-40)55-36-28-12-10-24(41)18-29(28)27-13-11-25(54-2)19-31(27)44-36/h6,8,10-14,17-19,23,26,30,32H,3-5,7,9,15-16,20-22H2,1-2H3,(H,43,49)(H,45,48)(H,46,51)/b8-6-/t23-,26-,30+,32+,40-/m1/s1. The van der Waals surface area contributed by atoms with Crippen molar-refractivity contribution < 1.29 is 41.5 Å². The molecule has 0 radical (unpaired) electrons. The predicted molar refractivity (Wildman–Crippen MR) is 210 cm³/mol. The van der Waals surface area contributed by atoms with Crippen molar-refractivity contribution in [2.24, 2.45) is 5.92 Å². The molecule has 2 aromatic carbocycles. The number of rotatable bonds is 8. The first-order chi connectivity index (χ1) is 27.3. The predicted octanol–water partition coefficient (Wildman–Crippen LogP) is 4.53. The van der Waals surface area contributed by atoms with E-state index >= 15 is 0 Å². The molecule has 3 fully saturated rings. The number of aromatic nitrogens is 2. The minimum absolute atomic E-state index is 0.0256. The third-order valence-corrected chi connectivity index (χ3v) is 14.6. The van der Waals surface area contributed by atoms with Crippen LogP contribution in [0, 0.1) is 11.7 Å². The molecule has 57 heavy (non-hydrogen) atoms. The highest BCUT2D eigenvalue weighted by Gasteiger charge is 2.63. The molecule has 2 aliphatic carbocycles. The van der Waals surface area contributed by atoms with Crippen LogP contribution in [0.25, 0.3) is 21.7 Å². The van der Waals surface area contributed by atoms with Crippen LogP contribution in [-0.4, -0.2) is 88.4 Å². The van der Waals surface area contributed by atoms with Gasteiger partial charge in [-0.1, -0.05) is 25.0 Å². The topological polar surface area (TPSA) is 186 Å². The van der Waals surface area contributed by atoms with Gasteiger partial charge in [0.2, 0.25) is 27.7 Å². The van der Waals surface area contributed by atoms with Gasteiger partial charge in [0.25, 0.3) is 11.8 Å². The summed E-state index contributed by atoms with van der Waals surface area (Å²) >= 11 is 0.996. The Balaban J connectivity index is 1.14. The molecule has 5 atom stereocenters. The molecule has 4 heterocycles. The van der Waals surface area contributed by atoms with Crippen LogP contribution in [0.3, 0.4) is 0 Å². The molecule has 3 N–H and O–H groups in total. The van der Waals surface area contributed by atoms with E-state index in [0.29, 0.717) is 64.4 Å². The fourth-order valence-corrected chi connectivity index (χ4v) is 9.62. The van der Waals surface area contributed by atoms with Crippen LogP contribution in [0.5, 0.6) is 11.6 Å². The number of fused-ring (bicyclic) bond motifs is 5. The number of carbonyl (C=O) groups is 4. The van der Waals surface area contributed by atoms with Crippen molar-refractivity contribution in [3.05, 3.63) is 71.5 Å². The Morgan fingerprint density at radius 3 is 2.61 bits per heavy atom. The first-order valence-corrected chi connectivity index (χ1v) is 21.4. The summed E-state index contributed by atoms with van der Waals surface area (Å²) in [6.45, 7) is 1.49. The maximum absolute atomic E-state index is 14.6. The Morgan fingerprint density at radius 2 is 1.86 bits per heavy atom. The SMILES string of the molecule is COc1ccc2c(c1)nc(O[C@@H]1C[C@H]3C(=O)N[C@]4(C(=O)NS(=O)(=O)C5(C)CC5)C[C@H]4/C=C\CCCCC[C@H](NC(=O)c4ccns4)C(=O)N3C1)c1ccc(F)cc12. The number of amides is 4. The number of benzene rings is 2. The maximum atomic E-state index is 14.6. The fraction of sp³-hybridized carbons (Fsp3) is 0.450. The van der Waals surface area contributed by atoms with Crippen molar-refractivity contribution in [2.45, 2.75) is 93.2 Å². The average molecular weight is 819 g/mol. The smallest absolute Gasteiger partial charge is 0.263 e. The van der Waals surface area contributed by atoms with Crippen LogP contribution in [0.1, 0.15) is 74.4 Å². The van der Waals surface area contributed by atoms with Crippen LogP contribution in [0.2, 0.25) is 0 Å². The van der Waals surface area contributed by atoms with Gasteiger partial charge >= 0.3 is 0 Å². The van der Waals surface area contributed by atoms with Gasteiger partial charge in [0, 0.05) is 35.4 Å². The van der Waals surface area contributed by atoms with Gasteiger partial charge in [0.05, 0.1) is 23.9 Å². The molecule has 0 bridgehead atoms. The summed E-state index contributed by atoms with van der Waals surface area (Å²) in [7, 11) is -2.50. The van der Waals surface area contributed by atoms with Gasteiger partial charge in [-0.2, -0.15) is 0 Å². The van der Waals surface area contributed by atoms with Crippen molar-refractivity contribution in [1.82, 2.24) is 29.6 Å². The van der Waals surface area contributed by atoms with Crippen LogP contribution < -0.4 is 24.8 Å². The van der Waals surface area contributed by atoms with Crippen LogP contribution in [0.15, 0.2) is 60.8 Å². The number of allylic oxidation sites excluding steroid dienone is 1. The molecule has 0 unspecified atom stereocenters. The Kier molecular flexibility index (Phi) is 10.2. The van der Waals surface area contributed by atoms with Gasteiger partial charge in [0.15, 0.2) is 0 Å². The molecule has 0 spiro atoms. The first-order valence-electron chi connectivity index (χ1n) is 19.1. The van der Waals surface area contributed by atoms with Gasteiger partial charge in [-0.3, -0.25) is 23.9 Å². The molecular formula is C40H43FN6O8S2. The molecule has 4 amide bonds. The molecule has 300 valence electrons. The second kappa shape index (κ2) is 15.0. The summed E-state index contributed by atoms with van der Waals surface area (Å²) in [5.74, 6) is -2.71. The number of hydrogen-bond donors (Lipinski definition) is 3. The van der Waals surface area contributed by atoms with Crippen molar-refractivity contribution in [1.29, 1.82) is 0 Å². The Hall–Kier alpha value is -5.16. The number of carbonyl (C=O) groups excluding carboxylic acids is 4. The second-order valence-corrected chi connectivity index (χ2v) is 18.6. The van der Waals surface area contributed by atoms with E-state index in [0.717, 1.165) is 24.4 Å². The molecule has 1 saturated heterocycles. The van der Waals surface area contributed by atoms with Crippen molar-refractivity contribution >= 4 is 66.9 Å². The fourth-order valence-electron chi connectivity index (χ4n) is 7.81. The maximum Gasteiger partial charge on any atom is 0.263 e. The molecule has 4 aliphatic rings. The van der Waals surface area contributed by atoms with Crippen LogP contribution >= 0.6 is 11.5 Å². The summed E-state index contributed by atoms with van der Waals surface area (Å²) in [4.78, 5) is 62.8.